The molecular formula is C9H9BrF2N2O6. The molecule has 0 fully saturated rings. The van der Waals surface area contributed by atoms with Gasteiger partial charge in [0.25, 0.3) is 5.56 Å². The van der Waals surface area contributed by atoms with Crippen molar-refractivity contribution in [2.75, 3.05) is 6.61 Å². The lowest BCUT2D eigenvalue weighted by Crippen LogP contribution is -2.53. The van der Waals surface area contributed by atoms with Crippen LogP contribution in [-0.4, -0.2) is 55.5 Å². The van der Waals surface area contributed by atoms with Crippen molar-refractivity contribution in [2.45, 2.75) is 18.1 Å². The van der Waals surface area contributed by atoms with E-state index >= 15 is 0 Å². The van der Waals surface area contributed by atoms with Gasteiger partial charge in [-0.05, 0) is 15.9 Å². The number of aliphatic hydroxyl groups excluding tert-OH is 3. The van der Waals surface area contributed by atoms with Gasteiger partial charge < -0.3 is 15.3 Å². The number of hydrogen-bond donors (Lipinski definition) is 4. The Morgan fingerprint density at radius 2 is 2.00 bits per heavy atom. The second-order valence-corrected chi connectivity index (χ2v) is 4.58. The number of carbonyl (C=O) groups is 1. The third-order valence-corrected chi connectivity index (χ3v) is 2.89. The maximum atomic E-state index is 13.6. The summed E-state index contributed by atoms with van der Waals surface area (Å²) in [7, 11) is 0. The van der Waals surface area contributed by atoms with E-state index < -0.39 is 41.9 Å². The molecule has 0 aliphatic carbocycles. The fraction of sp³-hybridized carbons (Fsp3) is 0.444. The number of halogens is 3. The van der Waals surface area contributed by atoms with Crippen LogP contribution in [0.15, 0.2) is 20.3 Å². The zero-order valence-corrected chi connectivity index (χ0v) is 11.2. The first kappa shape index (κ1) is 16.6. The van der Waals surface area contributed by atoms with Crippen LogP contribution in [0.1, 0.15) is 4.79 Å². The summed E-state index contributed by atoms with van der Waals surface area (Å²) in [5.41, 5.74) is -2.37. The van der Waals surface area contributed by atoms with Crippen LogP contribution in [0.3, 0.4) is 0 Å². The Kier molecular flexibility index (Phi) is 4.91. The molecule has 0 radical (unpaired) electrons. The summed E-state index contributed by atoms with van der Waals surface area (Å²) in [4.78, 5) is 35.4. The summed E-state index contributed by atoms with van der Waals surface area (Å²) in [6, 6.07) is 0. The molecule has 112 valence electrons. The van der Waals surface area contributed by atoms with Gasteiger partial charge in [0, 0.05) is 6.20 Å². The van der Waals surface area contributed by atoms with Crippen LogP contribution in [0.4, 0.5) is 8.78 Å². The van der Waals surface area contributed by atoms with E-state index in [2.05, 4.69) is 15.9 Å². The monoisotopic (exact) mass is 358 g/mol. The lowest BCUT2D eigenvalue weighted by molar-refractivity contribution is -0.136. The minimum Gasteiger partial charge on any atom is -0.394 e. The molecule has 0 aliphatic heterocycles. The molecule has 0 saturated carbocycles. The van der Waals surface area contributed by atoms with Crippen molar-refractivity contribution in [3.63, 3.8) is 0 Å². The average molecular weight is 359 g/mol. The third-order valence-electron chi connectivity index (χ3n) is 2.33. The number of aromatic nitrogens is 2. The Hall–Kier alpha value is -1.43. The SMILES string of the molecule is O=C(n1cc(Br)c(=O)[nH]c1=O)C(F)(F)[C@H](O)[C@H](O)CO. The highest BCUT2D eigenvalue weighted by molar-refractivity contribution is 9.10. The predicted molar refractivity (Wildman–Crippen MR) is 63.7 cm³/mol. The first-order valence-electron chi connectivity index (χ1n) is 5.04. The van der Waals surface area contributed by atoms with E-state index in [1.807, 2.05) is 0 Å². The Morgan fingerprint density at radius 1 is 1.45 bits per heavy atom. The van der Waals surface area contributed by atoms with E-state index in [9.17, 15) is 23.2 Å². The highest BCUT2D eigenvalue weighted by atomic mass is 79.9. The average Bonchev–Trinajstić information content (AvgIpc) is 2.40. The Labute approximate surface area is 117 Å². The molecule has 0 aliphatic rings. The molecule has 1 rings (SSSR count). The molecule has 0 spiro atoms. The van der Waals surface area contributed by atoms with Crippen molar-refractivity contribution in [3.05, 3.63) is 31.5 Å². The highest BCUT2D eigenvalue weighted by Crippen LogP contribution is 2.23. The maximum Gasteiger partial charge on any atom is 0.353 e. The van der Waals surface area contributed by atoms with E-state index in [4.69, 9.17) is 15.3 Å². The fourth-order valence-corrected chi connectivity index (χ4v) is 1.53. The van der Waals surface area contributed by atoms with Gasteiger partial charge in [-0.25, -0.2) is 9.36 Å². The summed E-state index contributed by atoms with van der Waals surface area (Å²) < 4.78 is 26.7. The molecule has 4 N–H and O–H groups in total. The van der Waals surface area contributed by atoms with Crippen LogP contribution < -0.4 is 11.2 Å². The fourth-order valence-electron chi connectivity index (χ4n) is 1.23. The number of rotatable bonds is 4. The minimum atomic E-state index is -4.55. The molecule has 0 unspecified atom stereocenters. The normalized spacial score (nSPS) is 14.9. The van der Waals surface area contributed by atoms with Gasteiger partial charge in [0.1, 0.15) is 6.10 Å². The first-order chi connectivity index (χ1) is 9.12. The van der Waals surface area contributed by atoms with Crippen LogP contribution in [-0.2, 0) is 0 Å². The van der Waals surface area contributed by atoms with E-state index in [1.54, 1.807) is 4.98 Å². The van der Waals surface area contributed by atoms with E-state index in [-0.39, 0.29) is 9.04 Å². The Morgan fingerprint density at radius 3 is 2.50 bits per heavy atom. The molecule has 11 heteroatoms. The van der Waals surface area contributed by atoms with Gasteiger partial charge in [0.2, 0.25) is 0 Å². The standard InChI is InChI=1S/C9H9BrF2N2O6/c10-3-1-14(8(20)13-6(3)18)7(19)9(11,12)5(17)4(16)2-15/h1,4-5,15-17H,2H2,(H,13,18,20)/t4-,5-/m1/s1. The van der Waals surface area contributed by atoms with Gasteiger partial charge in [-0.1, -0.05) is 0 Å². The molecule has 1 aromatic heterocycles. The number of H-pyrrole nitrogens is 1. The summed E-state index contributed by atoms with van der Waals surface area (Å²) in [6.45, 7) is -1.21. The van der Waals surface area contributed by atoms with Crippen molar-refractivity contribution in [1.82, 2.24) is 9.55 Å². The van der Waals surface area contributed by atoms with E-state index in [0.29, 0.717) is 6.20 Å². The molecule has 1 heterocycles. The molecule has 2 atom stereocenters. The lowest BCUT2D eigenvalue weighted by atomic mass is 10.1. The van der Waals surface area contributed by atoms with Gasteiger partial charge in [-0.15, -0.1) is 0 Å². The van der Waals surface area contributed by atoms with E-state index in [1.165, 1.54) is 0 Å². The minimum absolute atomic E-state index is 0.126. The number of carbonyl (C=O) groups excluding carboxylic acids is 1. The van der Waals surface area contributed by atoms with Gasteiger partial charge in [0.15, 0.2) is 6.10 Å². The Balaban J connectivity index is 3.27. The number of aromatic amines is 1. The maximum absolute atomic E-state index is 13.6. The summed E-state index contributed by atoms with van der Waals surface area (Å²) in [5, 5.41) is 26.5. The molecule has 8 nitrogen and oxygen atoms in total. The van der Waals surface area contributed by atoms with Crippen LogP contribution in [0.5, 0.6) is 0 Å². The van der Waals surface area contributed by atoms with Crippen molar-refractivity contribution in [3.8, 4) is 0 Å². The van der Waals surface area contributed by atoms with Gasteiger partial charge in [0.05, 0.1) is 11.1 Å². The number of nitrogens with zero attached hydrogens (tertiary/aromatic N) is 1. The number of alkyl halides is 2. The van der Waals surface area contributed by atoms with Gasteiger partial charge in [-0.2, -0.15) is 8.78 Å². The molecule has 0 saturated heterocycles. The molecule has 0 aromatic carbocycles. The zero-order valence-electron chi connectivity index (χ0n) is 9.59. The third kappa shape index (κ3) is 3.00. The smallest absolute Gasteiger partial charge is 0.353 e. The number of hydrogen-bond acceptors (Lipinski definition) is 6. The largest absolute Gasteiger partial charge is 0.394 e. The summed E-state index contributed by atoms with van der Waals surface area (Å²) in [6.07, 6.45) is -4.69. The van der Waals surface area contributed by atoms with Crippen molar-refractivity contribution >= 4 is 21.8 Å². The number of aliphatic hydroxyl groups is 3. The predicted octanol–water partition coefficient (Wildman–Crippen LogP) is -1.71. The van der Waals surface area contributed by atoms with Crippen molar-refractivity contribution in [1.29, 1.82) is 0 Å². The van der Waals surface area contributed by atoms with Crippen LogP contribution in [0, 0.1) is 0 Å². The molecular weight excluding hydrogens is 350 g/mol. The number of nitrogens with one attached hydrogen (secondary N) is 1. The molecule has 0 bridgehead atoms. The van der Waals surface area contributed by atoms with Crippen LogP contribution in [0.2, 0.25) is 0 Å². The summed E-state index contributed by atoms with van der Waals surface area (Å²) in [5.74, 6) is -6.72. The highest BCUT2D eigenvalue weighted by Gasteiger charge is 2.50. The quantitative estimate of drug-likeness (QED) is 0.506. The van der Waals surface area contributed by atoms with Crippen molar-refractivity contribution in [2.24, 2.45) is 0 Å². The van der Waals surface area contributed by atoms with Gasteiger partial charge >= 0.3 is 17.5 Å². The zero-order chi connectivity index (χ0) is 15.7. The van der Waals surface area contributed by atoms with Crippen molar-refractivity contribution < 1.29 is 28.9 Å². The second kappa shape index (κ2) is 5.91. The molecule has 0 amide bonds. The first-order valence-corrected chi connectivity index (χ1v) is 5.83. The molecule has 1 aromatic rings. The van der Waals surface area contributed by atoms with Crippen LogP contribution >= 0.6 is 15.9 Å². The lowest BCUT2D eigenvalue weighted by Gasteiger charge is -2.24. The summed E-state index contributed by atoms with van der Waals surface area (Å²) >= 11 is 2.64. The van der Waals surface area contributed by atoms with Crippen LogP contribution in [0.25, 0.3) is 0 Å². The topological polar surface area (TPSA) is 133 Å². The molecule has 20 heavy (non-hydrogen) atoms. The Bertz CT molecular complexity index is 628. The van der Waals surface area contributed by atoms with Gasteiger partial charge in [-0.3, -0.25) is 14.6 Å². The second-order valence-electron chi connectivity index (χ2n) is 3.73. The van der Waals surface area contributed by atoms with E-state index in [0.717, 1.165) is 0 Å².